The summed E-state index contributed by atoms with van der Waals surface area (Å²) in [5.74, 6) is 0. The summed E-state index contributed by atoms with van der Waals surface area (Å²) in [7, 11) is 0. The van der Waals surface area contributed by atoms with Gasteiger partial charge in [-0.15, -0.1) is 0 Å². The van der Waals surface area contributed by atoms with Crippen LogP contribution in [0.25, 0.3) is 0 Å². The van der Waals surface area contributed by atoms with Crippen molar-refractivity contribution >= 4 is 0 Å². The van der Waals surface area contributed by atoms with Crippen molar-refractivity contribution in [2.75, 3.05) is 19.6 Å². The first-order valence-corrected chi connectivity index (χ1v) is 6.97. The molecule has 0 spiro atoms. The molecule has 5 heteroatoms. The van der Waals surface area contributed by atoms with Crippen molar-refractivity contribution in [2.24, 2.45) is 0 Å². The Morgan fingerprint density at radius 3 is 2.61 bits per heavy atom. The maximum absolute atomic E-state index is 12.1. The fourth-order valence-corrected chi connectivity index (χ4v) is 2.81. The van der Waals surface area contributed by atoms with E-state index in [1.165, 1.54) is 0 Å². The lowest BCUT2D eigenvalue weighted by Crippen LogP contribution is -2.49. The van der Waals surface area contributed by atoms with Gasteiger partial charge in [0.25, 0.3) is 0 Å². The molecule has 18 heavy (non-hydrogen) atoms. The van der Waals surface area contributed by atoms with Crippen LogP contribution in [0.5, 0.6) is 0 Å². The van der Waals surface area contributed by atoms with Gasteiger partial charge < -0.3 is 5.32 Å². The number of hydrogen-bond donors (Lipinski definition) is 1. The summed E-state index contributed by atoms with van der Waals surface area (Å²) >= 11 is 0. The highest BCUT2D eigenvalue weighted by Gasteiger charge is 2.28. The van der Waals surface area contributed by atoms with Crippen LogP contribution in [0, 0.1) is 0 Å². The largest absolute Gasteiger partial charge is 0.389 e. The zero-order valence-electron chi connectivity index (χ0n) is 11.4. The standard InChI is InChI=1S/C13H25F3N2/c1-3-18(12-7-5-9-17-10-12)11(2)6-4-8-13(14,15)16/h11-12,17H,3-10H2,1-2H3. The highest BCUT2D eigenvalue weighted by Crippen LogP contribution is 2.24. The monoisotopic (exact) mass is 266 g/mol. The summed E-state index contributed by atoms with van der Waals surface area (Å²) in [4.78, 5) is 2.35. The summed E-state index contributed by atoms with van der Waals surface area (Å²) < 4.78 is 36.4. The molecule has 1 fully saturated rings. The van der Waals surface area contributed by atoms with Crippen LogP contribution in [0.2, 0.25) is 0 Å². The Hall–Kier alpha value is -0.290. The average Bonchev–Trinajstić information content (AvgIpc) is 2.29. The average molecular weight is 266 g/mol. The molecule has 1 aliphatic rings. The third-order valence-corrected chi connectivity index (χ3v) is 3.75. The van der Waals surface area contributed by atoms with E-state index in [4.69, 9.17) is 0 Å². The molecule has 1 heterocycles. The van der Waals surface area contributed by atoms with Gasteiger partial charge in [-0.1, -0.05) is 6.92 Å². The van der Waals surface area contributed by atoms with Gasteiger partial charge in [0.2, 0.25) is 0 Å². The number of alkyl halides is 3. The van der Waals surface area contributed by atoms with Crippen LogP contribution in [0.4, 0.5) is 13.2 Å². The van der Waals surface area contributed by atoms with E-state index >= 15 is 0 Å². The topological polar surface area (TPSA) is 15.3 Å². The summed E-state index contributed by atoms with van der Waals surface area (Å²) in [6, 6.07) is 0.729. The zero-order valence-corrected chi connectivity index (χ0v) is 11.4. The van der Waals surface area contributed by atoms with Crippen LogP contribution in [-0.2, 0) is 0 Å². The van der Waals surface area contributed by atoms with Crippen molar-refractivity contribution in [3.05, 3.63) is 0 Å². The molecular weight excluding hydrogens is 241 g/mol. The molecule has 1 saturated heterocycles. The molecule has 1 N–H and O–H groups in total. The first kappa shape index (κ1) is 15.8. The molecule has 0 aromatic heterocycles. The molecule has 0 aliphatic carbocycles. The Bertz CT molecular complexity index is 225. The first-order chi connectivity index (χ1) is 8.44. The van der Waals surface area contributed by atoms with Gasteiger partial charge in [-0.3, -0.25) is 4.90 Å². The molecule has 0 radical (unpaired) electrons. The smallest absolute Gasteiger partial charge is 0.315 e. The Morgan fingerprint density at radius 2 is 2.11 bits per heavy atom. The molecule has 0 saturated carbocycles. The van der Waals surface area contributed by atoms with Crippen molar-refractivity contribution in [1.82, 2.24) is 10.2 Å². The van der Waals surface area contributed by atoms with Gasteiger partial charge in [0, 0.05) is 25.0 Å². The predicted molar refractivity (Wildman–Crippen MR) is 67.6 cm³/mol. The zero-order chi connectivity index (χ0) is 13.6. The quantitative estimate of drug-likeness (QED) is 0.794. The molecule has 1 rings (SSSR count). The second-order valence-electron chi connectivity index (χ2n) is 5.19. The van der Waals surface area contributed by atoms with Crippen molar-refractivity contribution in [3.63, 3.8) is 0 Å². The van der Waals surface area contributed by atoms with Gasteiger partial charge in [-0.2, -0.15) is 13.2 Å². The third-order valence-electron chi connectivity index (χ3n) is 3.75. The lowest BCUT2D eigenvalue weighted by atomic mass is 10.0. The number of halogens is 3. The molecular formula is C13H25F3N2. The third kappa shape index (κ3) is 5.57. The summed E-state index contributed by atoms with van der Waals surface area (Å²) in [6.07, 6.45) is -1.48. The van der Waals surface area contributed by atoms with Crippen LogP contribution in [-0.4, -0.2) is 42.8 Å². The van der Waals surface area contributed by atoms with E-state index in [0.29, 0.717) is 12.5 Å². The number of piperidine rings is 1. The first-order valence-electron chi connectivity index (χ1n) is 6.97. The molecule has 0 aromatic carbocycles. The number of nitrogens with zero attached hydrogens (tertiary/aromatic N) is 1. The van der Waals surface area contributed by atoms with Gasteiger partial charge in [0.15, 0.2) is 0 Å². The van der Waals surface area contributed by atoms with E-state index in [-0.39, 0.29) is 12.5 Å². The number of rotatable bonds is 6. The molecule has 2 atom stereocenters. The molecule has 0 amide bonds. The van der Waals surface area contributed by atoms with Gasteiger partial charge in [-0.05, 0) is 45.7 Å². The SMILES string of the molecule is CCN(C(C)CCCC(F)(F)F)C1CCCNC1. The Morgan fingerprint density at radius 1 is 1.39 bits per heavy atom. The molecule has 2 unspecified atom stereocenters. The van der Waals surface area contributed by atoms with Crippen molar-refractivity contribution in [1.29, 1.82) is 0 Å². The maximum atomic E-state index is 12.1. The second kappa shape index (κ2) is 7.34. The van der Waals surface area contributed by atoms with Gasteiger partial charge in [0.1, 0.15) is 0 Å². The van der Waals surface area contributed by atoms with Crippen molar-refractivity contribution < 1.29 is 13.2 Å². The molecule has 0 aromatic rings. The lowest BCUT2D eigenvalue weighted by Gasteiger charge is -2.38. The highest BCUT2D eigenvalue weighted by atomic mass is 19.4. The fraction of sp³-hybridized carbons (Fsp3) is 1.00. The number of nitrogens with one attached hydrogen (secondary N) is 1. The lowest BCUT2D eigenvalue weighted by molar-refractivity contribution is -0.136. The minimum atomic E-state index is -4.01. The Balaban J connectivity index is 2.34. The molecule has 1 aliphatic heterocycles. The fourth-order valence-electron chi connectivity index (χ4n) is 2.81. The molecule has 2 nitrogen and oxygen atoms in total. The van der Waals surface area contributed by atoms with Gasteiger partial charge in [0.05, 0.1) is 0 Å². The van der Waals surface area contributed by atoms with E-state index in [1.807, 2.05) is 0 Å². The van der Waals surface area contributed by atoms with E-state index in [1.54, 1.807) is 0 Å². The van der Waals surface area contributed by atoms with Crippen LogP contribution >= 0.6 is 0 Å². The van der Waals surface area contributed by atoms with Crippen LogP contribution in [0.15, 0.2) is 0 Å². The Labute approximate surface area is 108 Å². The van der Waals surface area contributed by atoms with E-state index in [9.17, 15) is 13.2 Å². The molecule has 108 valence electrons. The second-order valence-corrected chi connectivity index (χ2v) is 5.19. The highest BCUT2D eigenvalue weighted by molar-refractivity contribution is 4.81. The van der Waals surface area contributed by atoms with Crippen molar-refractivity contribution in [2.45, 2.75) is 64.2 Å². The van der Waals surface area contributed by atoms with Crippen LogP contribution < -0.4 is 5.32 Å². The Kier molecular flexibility index (Phi) is 6.43. The maximum Gasteiger partial charge on any atom is 0.389 e. The predicted octanol–water partition coefficient (Wildman–Crippen LogP) is 3.18. The van der Waals surface area contributed by atoms with Crippen LogP contribution in [0.1, 0.15) is 46.0 Å². The minimum absolute atomic E-state index is 0.237. The minimum Gasteiger partial charge on any atom is -0.315 e. The van der Waals surface area contributed by atoms with E-state index < -0.39 is 12.6 Å². The molecule has 0 bridgehead atoms. The van der Waals surface area contributed by atoms with E-state index in [2.05, 4.69) is 24.1 Å². The number of hydrogen-bond acceptors (Lipinski definition) is 2. The van der Waals surface area contributed by atoms with E-state index in [0.717, 1.165) is 32.5 Å². The summed E-state index contributed by atoms with van der Waals surface area (Å²) in [5.41, 5.74) is 0. The van der Waals surface area contributed by atoms with Crippen molar-refractivity contribution in [3.8, 4) is 0 Å². The summed E-state index contributed by atoms with van der Waals surface area (Å²) in [5, 5.41) is 3.36. The normalized spacial score (nSPS) is 23.3. The summed E-state index contributed by atoms with van der Waals surface area (Å²) in [6.45, 7) is 7.09. The van der Waals surface area contributed by atoms with Gasteiger partial charge >= 0.3 is 6.18 Å². The van der Waals surface area contributed by atoms with Crippen LogP contribution in [0.3, 0.4) is 0 Å². The van der Waals surface area contributed by atoms with Gasteiger partial charge in [-0.25, -0.2) is 0 Å². The number of likely N-dealkylation sites (N-methyl/N-ethyl adjacent to an activating group) is 1.